The average Bonchev–Trinajstić information content (AvgIpc) is 2.73. The first kappa shape index (κ1) is 20.9. The highest BCUT2D eigenvalue weighted by Gasteiger charge is 2.23. The molecule has 1 aliphatic rings. The zero-order valence-electron chi connectivity index (χ0n) is 17.2. The van der Waals surface area contributed by atoms with E-state index in [2.05, 4.69) is 27.3 Å². The number of rotatable bonds is 9. The van der Waals surface area contributed by atoms with Gasteiger partial charge in [0.15, 0.2) is 0 Å². The number of pyridine rings is 1. The first-order valence-corrected chi connectivity index (χ1v) is 10.2. The van der Waals surface area contributed by atoms with Crippen molar-refractivity contribution in [3.05, 3.63) is 47.7 Å². The van der Waals surface area contributed by atoms with E-state index < -0.39 is 5.91 Å². The number of anilines is 1. The van der Waals surface area contributed by atoms with Crippen molar-refractivity contribution in [2.24, 2.45) is 5.73 Å². The summed E-state index contributed by atoms with van der Waals surface area (Å²) in [4.78, 5) is 18.2. The minimum atomic E-state index is -0.469. The molecule has 0 spiro atoms. The van der Waals surface area contributed by atoms with Crippen molar-refractivity contribution in [3.63, 3.8) is 0 Å². The van der Waals surface area contributed by atoms with Crippen LogP contribution in [-0.4, -0.2) is 43.2 Å². The third-order valence-corrected chi connectivity index (χ3v) is 4.99. The molecule has 3 N–H and O–H groups in total. The number of carbonyl (C=O) groups is 1. The number of hydrogen-bond donors (Lipinski definition) is 2. The SMILES string of the molecule is CCOc1cc(CN(c2ccc(C(N)=O)cn2)C2CCNCC2)cc(OCC)c1. The number of nitrogens with zero attached hydrogens (tertiary/aromatic N) is 2. The van der Waals surface area contributed by atoms with Gasteiger partial charge in [-0.25, -0.2) is 4.98 Å². The fraction of sp³-hybridized carbons (Fsp3) is 0.455. The Balaban J connectivity index is 1.91. The number of amides is 1. The van der Waals surface area contributed by atoms with Crippen LogP contribution in [0.3, 0.4) is 0 Å². The lowest BCUT2D eigenvalue weighted by molar-refractivity contribution is 0.1000. The molecule has 2 heterocycles. The number of piperidine rings is 1. The van der Waals surface area contributed by atoms with Crippen molar-refractivity contribution in [1.29, 1.82) is 0 Å². The molecule has 1 aliphatic heterocycles. The average molecular weight is 399 g/mol. The van der Waals surface area contributed by atoms with Gasteiger partial charge in [-0.3, -0.25) is 4.79 Å². The Labute approximate surface area is 172 Å². The summed E-state index contributed by atoms with van der Waals surface area (Å²) in [5, 5.41) is 3.41. The van der Waals surface area contributed by atoms with Gasteiger partial charge < -0.3 is 25.4 Å². The lowest BCUT2D eigenvalue weighted by atomic mass is 10.0. The van der Waals surface area contributed by atoms with E-state index in [9.17, 15) is 4.79 Å². The third kappa shape index (κ3) is 5.60. The molecule has 7 heteroatoms. The fourth-order valence-electron chi connectivity index (χ4n) is 3.64. The summed E-state index contributed by atoms with van der Waals surface area (Å²) < 4.78 is 11.5. The first-order chi connectivity index (χ1) is 14.1. The van der Waals surface area contributed by atoms with Crippen molar-refractivity contribution in [2.75, 3.05) is 31.2 Å². The summed E-state index contributed by atoms with van der Waals surface area (Å²) in [6.07, 6.45) is 3.61. The van der Waals surface area contributed by atoms with Gasteiger partial charge in [0.1, 0.15) is 17.3 Å². The maximum Gasteiger partial charge on any atom is 0.250 e. The van der Waals surface area contributed by atoms with Gasteiger partial charge in [-0.1, -0.05) is 0 Å². The summed E-state index contributed by atoms with van der Waals surface area (Å²) in [6, 6.07) is 9.99. The van der Waals surface area contributed by atoms with E-state index in [4.69, 9.17) is 15.2 Å². The van der Waals surface area contributed by atoms with E-state index in [0.717, 1.165) is 48.8 Å². The van der Waals surface area contributed by atoms with E-state index >= 15 is 0 Å². The largest absolute Gasteiger partial charge is 0.494 e. The van der Waals surface area contributed by atoms with E-state index in [1.54, 1.807) is 12.3 Å². The Morgan fingerprint density at radius 1 is 1.14 bits per heavy atom. The molecule has 3 rings (SSSR count). The zero-order valence-corrected chi connectivity index (χ0v) is 17.2. The van der Waals surface area contributed by atoms with Gasteiger partial charge in [0.25, 0.3) is 0 Å². The summed E-state index contributed by atoms with van der Waals surface area (Å²) >= 11 is 0. The van der Waals surface area contributed by atoms with Crippen molar-refractivity contribution in [2.45, 2.75) is 39.3 Å². The van der Waals surface area contributed by atoms with Gasteiger partial charge in [0, 0.05) is 24.8 Å². The second kappa shape index (κ2) is 10.1. The topological polar surface area (TPSA) is 89.7 Å². The number of ether oxygens (including phenoxy) is 2. The molecule has 1 amide bonds. The number of nitrogens with one attached hydrogen (secondary N) is 1. The monoisotopic (exact) mass is 398 g/mol. The van der Waals surface area contributed by atoms with Crippen LogP contribution in [0.15, 0.2) is 36.5 Å². The van der Waals surface area contributed by atoms with E-state index in [0.29, 0.717) is 31.4 Å². The van der Waals surface area contributed by atoms with Gasteiger partial charge in [-0.2, -0.15) is 0 Å². The molecule has 0 aliphatic carbocycles. The Morgan fingerprint density at radius 2 is 1.79 bits per heavy atom. The van der Waals surface area contributed by atoms with E-state index in [-0.39, 0.29) is 0 Å². The van der Waals surface area contributed by atoms with Gasteiger partial charge in [-0.05, 0) is 69.6 Å². The second-order valence-electron chi connectivity index (χ2n) is 7.06. The number of primary amides is 1. The van der Waals surface area contributed by atoms with Crippen LogP contribution in [0.4, 0.5) is 5.82 Å². The highest BCUT2D eigenvalue weighted by Crippen LogP contribution is 2.28. The highest BCUT2D eigenvalue weighted by molar-refractivity contribution is 5.92. The number of carbonyl (C=O) groups excluding carboxylic acids is 1. The van der Waals surface area contributed by atoms with Crippen molar-refractivity contribution in [1.82, 2.24) is 10.3 Å². The smallest absolute Gasteiger partial charge is 0.250 e. The van der Waals surface area contributed by atoms with Crippen LogP contribution in [0.5, 0.6) is 11.5 Å². The fourth-order valence-corrected chi connectivity index (χ4v) is 3.64. The lowest BCUT2D eigenvalue weighted by Gasteiger charge is -2.36. The third-order valence-electron chi connectivity index (χ3n) is 4.99. The molecule has 156 valence electrons. The molecule has 29 heavy (non-hydrogen) atoms. The molecule has 2 aromatic rings. The highest BCUT2D eigenvalue weighted by atomic mass is 16.5. The van der Waals surface area contributed by atoms with Gasteiger partial charge in [0.05, 0.1) is 18.8 Å². The van der Waals surface area contributed by atoms with Gasteiger partial charge in [0.2, 0.25) is 5.91 Å². The predicted octanol–water partition coefficient (Wildman–Crippen LogP) is 2.74. The van der Waals surface area contributed by atoms with Crippen LogP contribution in [0.2, 0.25) is 0 Å². The van der Waals surface area contributed by atoms with E-state index in [1.807, 2.05) is 26.0 Å². The summed E-state index contributed by atoms with van der Waals surface area (Å²) in [5.74, 6) is 1.97. The minimum Gasteiger partial charge on any atom is -0.494 e. The van der Waals surface area contributed by atoms with Crippen LogP contribution in [0.25, 0.3) is 0 Å². The normalized spacial score (nSPS) is 14.4. The quantitative estimate of drug-likeness (QED) is 0.675. The van der Waals surface area contributed by atoms with Crippen LogP contribution in [0.1, 0.15) is 42.6 Å². The van der Waals surface area contributed by atoms with Gasteiger partial charge in [-0.15, -0.1) is 0 Å². The molecule has 0 atom stereocenters. The number of nitrogens with two attached hydrogens (primary N) is 1. The van der Waals surface area contributed by atoms with Crippen LogP contribution in [0, 0.1) is 0 Å². The van der Waals surface area contributed by atoms with E-state index in [1.165, 1.54) is 0 Å². The first-order valence-electron chi connectivity index (χ1n) is 10.2. The van der Waals surface area contributed by atoms with Crippen LogP contribution in [-0.2, 0) is 6.54 Å². The van der Waals surface area contributed by atoms with Crippen molar-refractivity contribution < 1.29 is 14.3 Å². The molecule has 1 saturated heterocycles. The van der Waals surface area contributed by atoms with Gasteiger partial charge >= 0.3 is 0 Å². The Bertz CT molecular complexity index is 780. The summed E-state index contributed by atoms with van der Waals surface area (Å²) in [5.41, 5.74) is 6.88. The Hall–Kier alpha value is -2.80. The van der Waals surface area contributed by atoms with Crippen LogP contribution < -0.4 is 25.4 Å². The van der Waals surface area contributed by atoms with Crippen molar-refractivity contribution in [3.8, 4) is 11.5 Å². The number of benzene rings is 1. The molecule has 1 aromatic heterocycles. The predicted molar refractivity (Wildman–Crippen MR) is 114 cm³/mol. The number of aromatic nitrogens is 1. The molecule has 0 radical (unpaired) electrons. The minimum absolute atomic E-state index is 0.356. The van der Waals surface area contributed by atoms with Crippen LogP contribution >= 0.6 is 0 Å². The second-order valence-corrected chi connectivity index (χ2v) is 7.06. The molecular formula is C22H30N4O3. The Kier molecular flexibility index (Phi) is 7.30. The molecule has 0 unspecified atom stereocenters. The molecular weight excluding hydrogens is 368 g/mol. The van der Waals surface area contributed by atoms with Crippen molar-refractivity contribution >= 4 is 11.7 Å². The summed E-state index contributed by atoms with van der Waals surface area (Å²) in [6.45, 7) is 7.77. The standard InChI is InChI=1S/C22H30N4O3/c1-3-28-19-11-16(12-20(13-19)29-4-2)15-26(18-7-9-24-10-8-18)21-6-5-17(14-25-21)22(23)27/h5-6,11-14,18,24H,3-4,7-10,15H2,1-2H3,(H2,23,27). The number of hydrogen-bond acceptors (Lipinski definition) is 6. The summed E-state index contributed by atoms with van der Waals surface area (Å²) in [7, 11) is 0. The molecule has 7 nitrogen and oxygen atoms in total. The molecule has 1 aromatic carbocycles. The lowest BCUT2D eigenvalue weighted by Crippen LogP contribution is -2.43. The maximum absolute atomic E-state index is 11.4. The Morgan fingerprint density at radius 3 is 2.31 bits per heavy atom. The molecule has 1 fully saturated rings. The maximum atomic E-state index is 11.4. The molecule has 0 saturated carbocycles. The zero-order chi connectivity index (χ0) is 20.6. The molecule has 0 bridgehead atoms.